The lowest BCUT2D eigenvalue weighted by atomic mass is 10.0. The smallest absolute Gasteiger partial charge is 0.271 e. The molecule has 3 rings (SSSR count). The standard InChI is InChI=1S/C16H19N3O2S/c1-9(2)19-15-13(16(20)18-19)14(22-10(3)17-15)11-7-5-6-8-12(11)21-4/h5-9,14H,1-4H3,(H,18,20)/t14-/m0/s1. The molecule has 6 heteroatoms. The molecular weight excluding hydrogens is 298 g/mol. The second kappa shape index (κ2) is 5.68. The van der Waals surface area contributed by atoms with Gasteiger partial charge in [-0.3, -0.25) is 14.6 Å². The van der Waals surface area contributed by atoms with Crippen LogP contribution in [0, 0.1) is 0 Å². The molecule has 1 aromatic heterocycles. The number of benzene rings is 1. The molecule has 0 fully saturated rings. The Morgan fingerprint density at radius 1 is 1.36 bits per heavy atom. The van der Waals surface area contributed by atoms with Crippen molar-refractivity contribution < 1.29 is 4.74 Å². The number of aliphatic imine (C=N–C) groups is 1. The van der Waals surface area contributed by atoms with Crippen LogP contribution < -0.4 is 10.3 Å². The van der Waals surface area contributed by atoms with Crippen LogP contribution in [0.2, 0.25) is 0 Å². The summed E-state index contributed by atoms with van der Waals surface area (Å²) in [6.07, 6.45) is 0. The number of aromatic nitrogens is 2. The number of fused-ring (bicyclic) bond motifs is 1. The third-order valence-corrected chi connectivity index (χ3v) is 4.85. The Balaban J connectivity index is 2.22. The van der Waals surface area contributed by atoms with Crippen molar-refractivity contribution in [3.05, 3.63) is 45.7 Å². The Morgan fingerprint density at radius 2 is 2.09 bits per heavy atom. The molecule has 2 heterocycles. The van der Waals surface area contributed by atoms with Gasteiger partial charge in [0.1, 0.15) is 5.75 Å². The number of nitrogens with zero attached hydrogens (tertiary/aromatic N) is 2. The zero-order valence-electron chi connectivity index (χ0n) is 13.1. The van der Waals surface area contributed by atoms with E-state index in [-0.39, 0.29) is 16.9 Å². The summed E-state index contributed by atoms with van der Waals surface area (Å²) in [5, 5.41) is 3.75. The fourth-order valence-electron chi connectivity index (χ4n) is 2.68. The van der Waals surface area contributed by atoms with E-state index in [4.69, 9.17) is 4.74 Å². The highest BCUT2D eigenvalue weighted by Crippen LogP contribution is 2.46. The highest BCUT2D eigenvalue weighted by Gasteiger charge is 2.32. The minimum absolute atomic E-state index is 0.0802. The van der Waals surface area contributed by atoms with E-state index >= 15 is 0 Å². The molecule has 0 saturated carbocycles. The SMILES string of the molecule is COc1ccccc1[C@@H]1SC(C)=Nc2c1c(=O)[nH]n2C(C)C. The average Bonchev–Trinajstić information content (AvgIpc) is 2.83. The van der Waals surface area contributed by atoms with Crippen molar-refractivity contribution >= 4 is 22.6 Å². The molecule has 1 aromatic carbocycles. The molecule has 0 unspecified atom stereocenters. The summed E-state index contributed by atoms with van der Waals surface area (Å²) in [6, 6.07) is 7.97. The first-order valence-electron chi connectivity index (χ1n) is 7.22. The van der Waals surface area contributed by atoms with Gasteiger partial charge in [-0.1, -0.05) is 30.0 Å². The van der Waals surface area contributed by atoms with E-state index in [1.165, 1.54) is 0 Å². The van der Waals surface area contributed by atoms with Gasteiger partial charge in [0, 0.05) is 11.6 Å². The van der Waals surface area contributed by atoms with E-state index in [2.05, 4.69) is 10.1 Å². The van der Waals surface area contributed by atoms with E-state index < -0.39 is 0 Å². The van der Waals surface area contributed by atoms with Crippen molar-refractivity contribution in [2.45, 2.75) is 32.1 Å². The average molecular weight is 317 g/mol. The Labute approximate surface area is 133 Å². The molecule has 22 heavy (non-hydrogen) atoms. The maximum Gasteiger partial charge on any atom is 0.271 e. The van der Waals surface area contributed by atoms with Crippen LogP contribution in [0.1, 0.15) is 43.2 Å². The summed E-state index contributed by atoms with van der Waals surface area (Å²) >= 11 is 1.59. The highest BCUT2D eigenvalue weighted by molar-refractivity contribution is 8.14. The first-order valence-corrected chi connectivity index (χ1v) is 8.10. The third-order valence-electron chi connectivity index (χ3n) is 3.69. The summed E-state index contributed by atoms with van der Waals surface area (Å²) in [6.45, 7) is 6.03. The number of ether oxygens (including phenoxy) is 1. The van der Waals surface area contributed by atoms with Crippen LogP contribution in [0.15, 0.2) is 34.1 Å². The number of thioether (sulfide) groups is 1. The highest BCUT2D eigenvalue weighted by atomic mass is 32.2. The summed E-state index contributed by atoms with van der Waals surface area (Å²) in [5.74, 6) is 1.52. The lowest BCUT2D eigenvalue weighted by Crippen LogP contribution is -2.14. The number of aromatic amines is 1. The molecule has 0 spiro atoms. The molecule has 0 bridgehead atoms. The Hall–Kier alpha value is -1.95. The zero-order valence-corrected chi connectivity index (χ0v) is 13.9. The number of rotatable bonds is 3. The lowest BCUT2D eigenvalue weighted by Gasteiger charge is -2.22. The molecule has 0 aliphatic carbocycles. The van der Waals surface area contributed by atoms with Gasteiger partial charge in [-0.2, -0.15) is 0 Å². The number of methoxy groups -OCH3 is 1. The molecule has 0 radical (unpaired) electrons. The predicted octanol–water partition coefficient (Wildman–Crippen LogP) is 3.65. The first-order chi connectivity index (χ1) is 10.5. The van der Waals surface area contributed by atoms with Gasteiger partial charge in [0.2, 0.25) is 0 Å². The van der Waals surface area contributed by atoms with E-state index in [9.17, 15) is 4.79 Å². The van der Waals surface area contributed by atoms with Crippen molar-refractivity contribution in [2.75, 3.05) is 7.11 Å². The fraction of sp³-hybridized carbons (Fsp3) is 0.375. The van der Waals surface area contributed by atoms with Crippen LogP contribution >= 0.6 is 11.8 Å². The number of hydrogen-bond acceptors (Lipinski definition) is 4. The van der Waals surface area contributed by atoms with Crippen molar-refractivity contribution in [3.63, 3.8) is 0 Å². The monoisotopic (exact) mass is 317 g/mol. The van der Waals surface area contributed by atoms with Crippen molar-refractivity contribution in [2.24, 2.45) is 4.99 Å². The van der Waals surface area contributed by atoms with Crippen molar-refractivity contribution in [1.82, 2.24) is 9.78 Å². The molecule has 116 valence electrons. The maximum absolute atomic E-state index is 12.5. The van der Waals surface area contributed by atoms with Crippen LogP contribution in [0.3, 0.4) is 0 Å². The van der Waals surface area contributed by atoms with Crippen LogP contribution in [-0.4, -0.2) is 21.9 Å². The minimum Gasteiger partial charge on any atom is -0.496 e. The Bertz CT molecular complexity index is 789. The second-order valence-corrected chi connectivity index (χ2v) is 6.81. The molecule has 2 aromatic rings. The summed E-state index contributed by atoms with van der Waals surface area (Å²) in [4.78, 5) is 17.1. The summed E-state index contributed by atoms with van der Waals surface area (Å²) in [5.41, 5.74) is 1.62. The molecule has 5 nitrogen and oxygen atoms in total. The molecule has 1 N–H and O–H groups in total. The zero-order chi connectivity index (χ0) is 15.9. The van der Waals surface area contributed by atoms with E-state index in [0.717, 1.165) is 22.2 Å². The van der Waals surface area contributed by atoms with Crippen molar-refractivity contribution in [1.29, 1.82) is 0 Å². The molecule has 1 aliphatic heterocycles. The number of hydrogen-bond donors (Lipinski definition) is 1. The topological polar surface area (TPSA) is 59.4 Å². The van der Waals surface area contributed by atoms with Gasteiger partial charge in [-0.05, 0) is 26.8 Å². The number of para-hydroxylation sites is 1. The van der Waals surface area contributed by atoms with Gasteiger partial charge in [-0.25, -0.2) is 4.99 Å². The van der Waals surface area contributed by atoms with E-state index in [0.29, 0.717) is 5.56 Å². The molecular formula is C16H19N3O2S. The number of nitrogens with one attached hydrogen (secondary N) is 1. The van der Waals surface area contributed by atoms with Gasteiger partial charge in [-0.15, -0.1) is 0 Å². The van der Waals surface area contributed by atoms with E-state index in [1.807, 2.05) is 49.7 Å². The van der Waals surface area contributed by atoms with Crippen LogP contribution in [0.25, 0.3) is 0 Å². The molecule has 0 amide bonds. The maximum atomic E-state index is 12.5. The molecule has 1 aliphatic rings. The number of H-pyrrole nitrogens is 1. The molecule has 0 saturated heterocycles. The van der Waals surface area contributed by atoms with Crippen LogP contribution in [0.4, 0.5) is 5.82 Å². The second-order valence-electron chi connectivity index (χ2n) is 5.51. The van der Waals surface area contributed by atoms with Crippen LogP contribution in [0.5, 0.6) is 5.75 Å². The van der Waals surface area contributed by atoms with Crippen LogP contribution in [-0.2, 0) is 0 Å². The Morgan fingerprint density at radius 3 is 2.77 bits per heavy atom. The fourth-order valence-corrected chi connectivity index (χ4v) is 3.82. The van der Waals surface area contributed by atoms with E-state index in [1.54, 1.807) is 18.9 Å². The summed E-state index contributed by atoms with van der Waals surface area (Å²) < 4.78 is 7.31. The quantitative estimate of drug-likeness (QED) is 0.940. The van der Waals surface area contributed by atoms with Gasteiger partial charge < -0.3 is 4.74 Å². The Kier molecular flexibility index (Phi) is 3.87. The predicted molar refractivity (Wildman–Crippen MR) is 90.6 cm³/mol. The summed E-state index contributed by atoms with van der Waals surface area (Å²) in [7, 11) is 1.65. The normalized spacial score (nSPS) is 17.3. The van der Waals surface area contributed by atoms with Gasteiger partial charge in [0.25, 0.3) is 5.56 Å². The van der Waals surface area contributed by atoms with Gasteiger partial charge in [0.05, 0.1) is 23.0 Å². The third kappa shape index (κ3) is 2.37. The first kappa shape index (κ1) is 15.0. The lowest BCUT2D eigenvalue weighted by molar-refractivity contribution is 0.410. The van der Waals surface area contributed by atoms with Gasteiger partial charge in [0.15, 0.2) is 5.82 Å². The van der Waals surface area contributed by atoms with Crippen molar-refractivity contribution in [3.8, 4) is 5.75 Å². The molecule has 1 atom stereocenters. The minimum atomic E-state index is -0.104. The largest absolute Gasteiger partial charge is 0.496 e. The van der Waals surface area contributed by atoms with Gasteiger partial charge >= 0.3 is 0 Å².